The zero-order valence-corrected chi connectivity index (χ0v) is 11.1. The molecule has 2 aromatic heterocycles. The summed E-state index contributed by atoms with van der Waals surface area (Å²) in [6.45, 7) is 0.606. The Labute approximate surface area is 113 Å². The Morgan fingerprint density at radius 3 is 2.84 bits per heavy atom. The lowest BCUT2D eigenvalue weighted by atomic mass is 10.2. The topological polar surface area (TPSA) is 63.6 Å². The van der Waals surface area contributed by atoms with E-state index in [2.05, 4.69) is 15.1 Å². The fourth-order valence-corrected chi connectivity index (χ4v) is 2.29. The Kier molecular flexibility index (Phi) is 3.08. The first-order valence-corrected chi connectivity index (χ1v) is 7.04. The number of aromatic nitrogens is 4. The maximum atomic E-state index is 11.9. The van der Waals surface area contributed by atoms with Crippen LogP contribution in [0.15, 0.2) is 46.5 Å². The van der Waals surface area contributed by atoms with E-state index >= 15 is 0 Å². The summed E-state index contributed by atoms with van der Waals surface area (Å²) in [5.74, 6) is 0. The average molecular weight is 272 g/mol. The van der Waals surface area contributed by atoms with Gasteiger partial charge in [0.15, 0.2) is 10.8 Å². The summed E-state index contributed by atoms with van der Waals surface area (Å²) in [6.07, 6.45) is 3.44. The number of nitrogens with zero attached hydrogens (tertiary/aromatic N) is 3. The van der Waals surface area contributed by atoms with Crippen molar-refractivity contribution in [2.45, 2.75) is 11.7 Å². The molecule has 0 atom stereocenters. The number of hydrogen-bond acceptors (Lipinski definition) is 4. The van der Waals surface area contributed by atoms with Crippen molar-refractivity contribution in [2.75, 3.05) is 6.26 Å². The molecular formula is C13H12N4OS. The first-order valence-electron chi connectivity index (χ1n) is 5.81. The van der Waals surface area contributed by atoms with Gasteiger partial charge in [-0.1, -0.05) is 42.1 Å². The van der Waals surface area contributed by atoms with Gasteiger partial charge in [-0.05, 0) is 11.8 Å². The molecule has 19 heavy (non-hydrogen) atoms. The Hall–Kier alpha value is -2.08. The molecule has 6 heteroatoms. The molecule has 1 aromatic carbocycles. The van der Waals surface area contributed by atoms with Crippen LogP contribution in [-0.2, 0) is 6.54 Å². The molecule has 0 fully saturated rings. The Morgan fingerprint density at radius 1 is 1.32 bits per heavy atom. The van der Waals surface area contributed by atoms with Crippen LogP contribution >= 0.6 is 11.8 Å². The van der Waals surface area contributed by atoms with Crippen LogP contribution in [0.1, 0.15) is 5.56 Å². The van der Waals surface area contributed by atoms with Gasteiger partial charge in [-0.15, -0.1) is 0 Å². The largest absolute Gasteiger partial charge is 0.301 e. The van der Waals surface area contributed by atoms with Gasteiger partial charge in [0.2, 0.25) is 0 Å². The van der Waals surface area contributed by atoms with Crippen LogP contribution < -0.4 is 5.56 Å². The van der Waals surface area contributed by atoms with Gasteiger partial charge in [0.25, 0.3) is 5.56 Å². The summed E-state index contributed by atoms with van der Waals surface area (Å²) in [5.41, 5.74) is 1.60. The summed E-state index contributed by atoms with van der Waals surface area (Å²) in [5, 5.41) is 5.38. The van der Waals surface area contributed by atoms with E-state index in [1.165, 1.54) is 11.8 Å². The molecule has 2 heterocycles. The molecule has 0 saturated heterocycles. The summed E-state index contributed by atoms with van der Waals surface area (Å²) in [7, 11) is 0. The zero-order valence-electron chi connectivity index (χ0n) is 10.3. The molecule has 0 bridgehead atoms. The standard InChI is InChI=1S/C13H12N4OS/c1-19-13-15-11-10(12(18)16-13)7-14-17(11)8-9-5-3-2-4-6-9/h2-7H,8H2,1H3,(H,15,16,18). The molecule has 96 valence electrons. The van der Waals surface area contributed by atoms with Crippen molar-refractivity contribution in [3.8, 4) is 0 Å². The van der Waals surface area contributed by atoms with E-state index in [-0.39, 0.29) is 5.56 Å². The van der Waals surface area contributed by atoms with E-state index in [1.54, 1.807) is 10.9 Å². The number of rotatable bonds is 3. The molecule has 1 N–H and O–H groups in total. The second-order valence-corrected chi connectivity index (χ2v) is 4.90. The molecule has 0 saturated carbocycles. The summed E-state index contributed by atoms with van der Waals surface area (Å²) >= 11 is 1.41. The monoisotopic (exact) mass is 272 g/mol. The predicted molar refractivity (Wildman–Crippen MR) is 75.5 cm³/mol. The van der Waals surface area contributed by atoms with Gasteiger partial charge in [-0.2, -0.15) is 5.10 Å². The summed E-state index contributed by atoms with van der Waals surface area (Å²) in [6, 6.07) is 9.98. The third-order valence-electron chi connectivity index (χ3n) is 2.85. The molecule has 5 nitrogen and oxygen atoms in total. The van der Waals surface area contributed by atoms with E-state index < -0.39 is 0 Å². The van der Waals surface area contributed by atoms with Crippen molar-refractivity contribution in [1.29, 1.82) is 0 Å². The smallest absolute Gasteiger partial charge is 0.262 e. The highest BCUT2D eigenvalue weighted by atomic mass is 32.2. The van der Waals surface area contributed by atoms with Crippen LogP contribution in [0.5, 0.6) is 0 Å². The van der Waals surface area contributed by atoms with Gasteiger partial charge in [-0.3, -0.25) is 4.79 Å². The maximum Gasteiger partial charge on any atom is 0.262 e. The van der Waals surface area contributed by atoms with E-state index in [1.807, 2.05) is 36.6 Å². The van der Waals surface area contributed by atoms with Crippen LogP contribution in [0.2, 0.25) is 0 Å². The quantitative estimate of drug-likeness (QED) is 0.584. The number of hydrogen-bond donors (Lipinski definition) is 1. The van der Waals surface area contributed by atoms with E-state index in [0.29, 0.717) is 22.7 Å². The number of thioether (sulfide) groups is 1. The van der Waals surface area contributed by atoms with Crippen LogP contribution in [0.3, 0.4) is 0 Å². The van der Waals surface area contributed by atoms with Gasteiger partial charge in [-0.25, -0.2) is 9.67 Å². The highest BCUT2D eigenvalue weighted by molar-refractivity contribution is 7.98. The minimum absolute atomic E-state index is 0.145. The summed E-state index contributed by atoms with van der Waals surface area (Å²) < 4.78 is 1.75. The van der Waals surface area contributed by atoms with Gasteiger partial charge < -0.3 is 4.98 Å². The molecule has 0 aliphatic carbocycles. The molecule has 0 amide bonds. The van der Waals surface area contributed by atoms with Crippen LogP contribution in [0.4, 0.5) is 0 Å². The molecule has 0 aliphatic heterocycles. The number of nitrogens with one attached hydrogen (secondary N) is 1. The maximum absolute atomic E-state index is 11.9. The number of aromatic amines is 1. The van der Waals surface area contributed by atoms with Gasteiger partial charge in [0, 0.05) is 0 Å². The highest BCUT2D eigenvalue weighted by Gasteiger charge is 2.09. The minimum Gasteiger partial charge on any atom is -0.301 e. The third-order valence-corrected chi connectivity index (χ3v) is 3.43. The summed E-state index contributed by atoms with van der Waals surface area (Å²) in [4.78, 5) is 19.0. The number of fused-ring (bicyclic) bond motifs is 1. The van der Waals surface area contributed by atoms with Crippen molar-refractivity contribution in [1.82, 2.24) is 19.7 Å². The normalized spacial score (nSPS) is 11.0. The first-order chi connectivity index (χ1) is 9.28. The second kappa shape index (κ2) is 4.89. The number of H-pyrrole nitrogens is 1. The molecule has 0 spiro atoms. The fourth-order valence-electron chi connectivity index (χ4n) is 1.91. The van der Waals surface area contributed by atoms with Crippen LogP contribution in [0, 0.1) is 0 Å². The number of benzene rings is 1. The molecule has 3 aromatic rings. The minimum atomic E-state index is -0.145. The van der Waals surface area contributed by atoms with Crippen molar-refractivity contribution in [3.63, 3.8) is 0 Å². The van der Waals surface area contributed by atoms with Gasteiger partial charge in [0.05, 0.1) is 12.7 Å². The molecule has 0 unspecified atom stereocenters. The molecular weight excluding hydrogens is 260 g/mol. The lowest BCUT2D eigenvalue weighted by Crippen LogP contribution is -2.10. The lowest BCUT2D eigenvalue weighted by molar-refractivity contribution is 0.699. The van der Waals surface area contributed by atoms with Crippen molar-refractivity contribution in [3.05, 3.63) is 52.4 Å². The van der Waals surface area contributed by atoms with Crippen molar-refractivity contribution in [2.24, 2.45) is 0 Å². The van der Waals surface area contributed by atoms with Gasteiger partial charge in [0.1, 0.15) is 5.39 Å². The van der Waals surface area contributed by atoms with Crippen LogP contribution in [0.25, 0.3) is 11.0 Å². The highest BCUT2D eigenvalue weighted by Crippen LogP contribution is 2.13. The van der Waals surface area contributed by atoms with Gasteiger partial charge >= 0.3 is 0 Å². The van der Waals surface area contributed by atoms with E-state index in [0.717, 1.165) is 5.56 Å². The Morgan fingerprint density at radius 2 is 2.11 bits per heavy atom. The average Bonchev–Trinajstić information content (AvgIpc) is 2.83. The third kappa shape index (κ3) is 2.26. The SMILES string of the molecule is CSc1nc2c(cnn2Cc2ccccc2)c(=O)[nH]1. The Bertz CT molecular complexity index is 763. The van der Waals surface area contributed by atoms with E-state index in [9.17, 15) is 4.79 Å². The predicted octanol–water partition coefficient (Wildman–Crippen LogP) is 1.89. The second-order valence-electron chi connectivity index (χ2n) is 4.10. The van der Waals surface area contributed by atoms with E-state index in [4.69, 9.17) is 0 Å². The molecule has 0 radical (unpaired) electrons. The molecule has 0 aliphatic rings. The van der Waals surface area contributed by atoms with Crippen LogP contribution in [-0.4, -0.2) is 26.0 Å². The fraction of sp³-hybridized carbons (Fsp3) is 0.154. The van der Waals surface area contributed by atoms with Crippen molar-refractivity contribution < 1.29 is 0 Å². The van der Waals surface area contributed by atoms with Crippen molar-refractivity contribution >= 4 is 22.8 Å². The lowest BCUT2D eigenvalue weighted by Gasteiger charge is -2.03. The zero-order chi connectivity index (χ0) is 13.2. The first kappa shape index (κ1) is 12.0. The Balaban J connectivity index is 2.10. The molecule has 3 rings (SSSR count).